The van der Waals surface area contributed by atoms with Gasteiger partial charge in [0.25, 0.3) is 11.5 Å². The highest BCUT2D eigenvalue weighted by Crippen LogP contribution is 2.40. The second-order valence-electron chi connectivity index (χ2n) is 11.2. The quantitative estimate of drug-likeness (QED) is 0.153. The Morgan fingerprint density at radius 1 is 1.04 bits per heavy atom. The number of amides is 1. The SMILES string of the molecule is CCN(CC)C(=O)C1=C(C)N=c2s/c(=C/c3ccc(OCc4ccc(Cl)cc4Cl)c(Br)c3)c(=O)n2[C@H]1c1c(OC)ccc2ccccc12. The standard InChI is InChI=1S/C37H32BrCl2N3O4S/c1-5-42(6-2)36(45)32-21(3)41-37-43(34(32)33-26-10-8-7-9-23(26)13-16-30(33)46-4)35(44)31(48-37)18-22-11-15-29(27(38)17-22)47-20-24-12-14-25(39)19-28(24)40/h7-19,34H,5-6,20H2,1-4H3/b31-18+/t34-/m1/s1. The van der Waals surface area contributed by atoms with Crippen LogP contribution in [0.25, 0.3) is 16.8 Å². The number of hydrogen-bond donors (Lipinski definition) is 0. The van der Waals surface area contributed by atoms with Crippen molar-refractivity contribution in [2.24, 2.45) is 4.99 Å². The van der Waals surface area contributed by atoms with Crippen LogP contribution in [0.1, 0.15) is 43.5 Å². The molecule has 0 aliphatic carbocycles. The molecule has 0 saturated heterocycles. The molecule has 0 saturated carbocycles. The van der Waals surface area contributed by atoms with Gasteiger partial charge in [0.05, 0.1) is 27.4 Å². The Balaban J connectivity index is 1.46. The number of nitrogens with zero attached hydrogens (tertiary/aromatic N) is 3. The monoisotopic (exact) mass is 763 g/mol. The van der Waals surface area contributed by atoms with E-state index in [9.17, 15) is 9.59 Å². The molecule has 1 amide bonds. The van der Waals surface area contributed by atoms with Crippen LogP contribution in [0.2, 0.25) is 10.0 Å². The topological polar surface area (TPSA) is 73.1 Å². The van der Waals surface area contributed by atoms with Crippen molar-refractivity contribution in [1.29, 1.82) is 0 Å². The summed E-state index contributed by atoms with van der Waals surface area (Å²) in [5.41, 5.74) is 3.13. The summed E-state index contributed by atoms with van der Waals surface area (Å²) in [4.78, 5) is 35.7. The maximum Gasteiger partial charge on any atom is 0.271 e. The van der Waals surface area contributed by atoms with Crippen LogP contribution in [0.4, 0.5) is 0 Å². The molecule has 0 bridgehead atoms. The Morgan fingerprint density at radius 2 is 1.79 bits per heavy atom. The average Bonchev–Trinajstić information content (AvgIpc) is 3.37. The smallest absolute Gasteiger partial charge is 0.271 e. The number of fused-ring (bicyclic) bond motifs is 2. The van der Waals surface area contributed by atoms with Crippen LogP contribution in [-0.2, 0) is 11.4 Å². The van der Waals surface area contributed by atoms with Gasteiger partial charge in [0.15, 0.2) is 4.80 Å². The highest BCUT2D eigenvalue weighted by molar-refractivity contribution is 9.10. The lowest BCUT2D eigenvalue weighted by molar-refractivity contribution is -0.127. The maximum absolute atomic E-state index is 14.4. The molecule has 2 heterocycles. The Kier molecular flexibility index (Phi) is 10.1. The number of carbonyl (C=O) groups is 1. The predicted octanol–water partition coefficient (Wildman–Crippen LogP) is 7.91. The summed E-state index contributed by atoms with van der Waals surface area (Å²) in [7, 11) is 1.61. The molecule has 246 valence electrons. The van der Waals surface area contributed by atoms with Gasteiger partial charge in [-0.15, -0.1) is 0 Å². The molecular formula is C37H32BrCl2N3O4S. The molecule has 1 aliphatic heterocycles. The molecule has 48 heavy (non-hydrogen) atoms. The molecule has 0 unspecified atom stereocenters. The van der Waals surface area contributed by atoms with Gasteiger partial charge >= 0.3 is 0 Å². The zero-order valence-corrected chi connectivity index (χ0v) is 30.6. The number of halogens is 3. The molecule has 0 spiro atoms. The van der Waals surface area contributed by atoms with E-state index in [0.717, 1.165) is 31.9 Å². The fourth-order valence-corrected chi connectivity index (χ4v) is 7.98. The summed E-state index contributed by atoms with van der Waals surface area (Å²) in [6, 6.07) is 22.0. The summed E-state index contributed by atoms with van der Waals surface area (Å²) in [6.45, 7) is 7.04. The summed E-state index contributed by atoms with van der Waals surface area (Å²) in [5.74, 6) is 1.06. The van der Waals surface area contributed by atoms with E-state index in [1.54, 1.807) is 28.7 Å². The van der Waals surface area contributed by atoms with Gasteiger partial charge in [-0.05, 0) is 89.4 Å². The van der Waals surface area contributed by atoms with Crippen molar-refractivity contribution in [3.8, 4) is 11.5 Å². The summed E-state index contributed by atoms with van der Waals surface area (Å²) >= 11 is 17.3. The van der Waals surface area contributed by atoms with Crippen molar-refractivity contribution in [3.63, 3.8) is 0 Å². The molecule has 1 atom stereocenters. The lowest BCUT2D eigenvalue weighted by Gasteiger charge is -2.30. The zero-order valence-electron chi connectivity index (χ0n) is 26.7. The fraction of sp³-hybridized carbons (Fsp3) is 0.216. The van der Waals surface area contributed by atoms with E-state index in [1.807, 2.05) is 87.5 Å². The second kappa shape index (κ2) is 14.3. The number of allylic oxidation sites excluding steroid dienone is 1. The molecule has 4 aromatic carbocycles. The first kappa shape index (κ1) is 34.0. The van der Waals surface area contributed by atoms with Crippen LogP contribution in [0, 0.1) is 0 Å². The van der Waals surface area contributed by atoms with E-state index in [2.05, 4.69) is 15.9 Å². The van der Waals surface area contributed by atoms with Crippen LogP contribution in [0.3, 0.4) is 0 Å². The number of thiazole rings is 1. The minimum absolute atomic E-state index is 0.157. The van der Waals surface area contributed by atoms with Crippen molar-refractivity contribution < 1.29 is 14.3 Å². The largest absolute Gasteiger partial charge is 0.496 e. The molecule has 0 N–H and O–H groups in total. The van der Waals surface area contributed by atoms with Gasteiger partial charge in [-0.3, -0.25) is 14.2 Å². The molecule has 1 aliphatic rings. The summed E-state index contributed by atoms with van der Waals surface area (Å²) < 4.78 is 14.8. The van der Waals surface area contributed by atoms with Gasteiger partial charge < -0.3 is 14.4 Å². The van der Waals surface area contributed by atoms with Gasteiger partial charge in [-0.1, -0.05) is 77.0 Å². The highest BCUT2D eigenvalue weighted by atomic mass is 79.9. The van der Waals surface area contributed by atoms with Crippen molar-refractivity contribution in [1.82, 2.24) is 9.47 Å². The van der Waals surface area contributed by atoms with Crippen molar-refractivity contribution in [2.75, 3.05) is 20.2 Å². The highest BCUT2D eigenvalue weighted by Gasteiger charge is 2.36. The minimum atomic E-state index is -0.750. The Hall–Kier alpha value is -3.89. The van der Waals surface area contributed by atoms with E-state index in [0.29, 0.717) is 55.2 Å². The number of benzene rings is 4. The average molecular weight is 766 g/mol. The van der Waals surface area contributed by atoms with Crippen molar-refractivity contribution >= 4 is 73.2 Å². The number of rotatable bonds is 9. The first-order chi connectivity index (χ1) is 23.1. The first-order valence-corrected chi connectivity index (χ1v) is 17.7. The zero-order chi connectivity index (χ0) is 34.1. The van der Waals surface area contributed by atoms with Crippen LogP contribution >= 0.6 is 50.5 Å². The molecule has 1 aromatic heterocycles. The third-order valence-corrected chi connectivity index (χ3v) is 10.6. The second-order valence-corrected chi connectivity index (χ2v) is 13.9. The maximum atomic E-state index is 14.4. The van der Waals surface area contributed by atoms with Gasteiger partial charge in [-0.2, -0.15) is 0 Å². The van der Waals surface area contributed by atoms with Gasteiger partial charge in [0.2, 0.25) is 0 Å². The Morgan fingerprint density at radius 3 is 2.50 bits per heavy atom. The van der Waals surface area contributed by atoms with Crippen LogP contribution in [-0.4, -0.2) is 35.6 Å². The van der Waals surface area contributed by atoms with Crippen molar-refractivity contribution in [3.05, 3.63) is 135 Å². The number of carbonyl (C=O) groups excluding carboxylic acids is 1. The molecule has 5 aromatic rings. The van der Waals surface area contributed by atoms with E-state index in [-0.39, 0.29) is 18.1 Å². The Labute approximate surface area is 300 Å². The number of hydrogen-bond acceptors (Lipinski definition) is 6. The molecule has 0 fully saturated rings. The normalized spacial score (nSPS) is 14.6. The fourth-order valence-electron chi connectivity index (χ4n) is 5.95. The Bertz CT molecular complexity index is 2280. The van der Waals surface area contributed by atoms with Gasteiger partial charge in [0.1, 0.15) is 24.1 Å². The third kappa shape index (κ3) is 6.44. The number of likely N-dealkylation sites (N-methyl/N-ethyl adjacent to an activating group) is 1. The van der Waals surface area contributed by atoms with Gasteiger partial charge in [0, 0.05) is 34.3 Å². The molecule has 7 nitrogen and oxygen atoms in total. The lowest BCUT2D eigenvalue weighted by Crippen LogP contribution is -2.43. The van der Waals surface area contributed by atoms with E-state index in [4.69, 9.17) is 37.7 Å². The van der Waals surface area contributed by atoms with E-state index < -0.39 is 6.04 Å². The molecule has 6 rings (SSSR count). The summed E-state index contributed by atoms with van der Waals surface area (Å²) in [5, 5.41) is 2.96. The van der Waals surface area contributed by atoms with Gasteiger partial charge in [-0.25, -0.2) is 4.99 Å². The predicted molar refractivity (Wildman–Crippen MR) is 197 cm³/mol. The minimum Gasteiger partial charge on any atom is -0.496 e. The van der Waals surface area contributed by atoms with Crippen molar-refractivity contribution in [2.45, 2.75) is 33.4 Å². The molecule has 11 heteroatoms. The number of ether oxygens (including phenoxy) is 2. The number of aromatic nitrogens is 1. The number of methoxy groups -OCH3 is 1. The van der Waals surface area contributed by atoms with Crippen LogP contribution < -0.4 is 24.4 Å². The summed E-state index contributed by atoms with van der Waals surface area (Å²) in [6.07, 6.45) is 1.83. The molecule has 0 radical (unpaired) electrons. The first-order valence-electron chi connectivity index (χ1n) is 15.4. The van der Waals surface area contributed by atoms with E-state index >= 15 is 0 Å². The lowest BCUT2D eigenvalue weighted by atomic mass is 9.90. The van der Waals surface area contributed by atoms with Crippen LogP contribution in [0.15, 0.2) is 98.3 Å². The third-order valence-electron chi connectivity index (χ3n) is 8.38. The van der Waals surface area contributed by atoms with Crippen LogP contribution in [0.5, 0.6) is 11.5 Å². The van der Waals surface area contributed by atoms with E-state index in [1.165, 1.54) is 11.3 Å². The molecular weight excluding hydrogens is 733 g/mol.